The molecule has 6 amide bonds. The summed E-state index contributed by atoms with van der Waals surface area (Å²) in [5.74, 6) is 0.935. The Balaban J connectivity index is 1.58. The minimum Gasteiger partial charge on any atom is -0.491 e. The lowest BCUT2D eigenvalue weighted by molar-refractivity contribution is -0.178. The molecule has 0 bridgehead atoms. The van der Waals surface area contributed by atoms with Gasteiger partial charge in [0.15, 0.2) is 0 Å². The second kappa shape index (κ2) is 19.5. The topological polar surface area (TPSA) is 219 Å². The number of fused-ring (bicyclic) bond motifs is 3. The molecule has 0 aliphatic carbocycles. The number of primary amides is 1. The Hall–Kier alpha value is -7.48. The molecule has 336 valence electrons. The van der Waals surface area contributed by atoms with Crippen LogP contribution in [-0.4, -0.2) is 91.3 Å². The number of nitrogens with two attached hydrogens (primary N) is 1. The number of aliphatic hydroxyl groups excluding tert-OH is 1. The van der Waals surface area contributed by atoms with Gasteiger partial charge in [-0.05, 0) is 58.5 Å². The SMILES string of the molecule is C=CCNC(=O)[C@@H]1[C@H]2C(=O)O[C@H](c3ccccc3)[C@H](c3ccccc3)N2[C@H](c2cccc(OCCO)c2)[C@@]12C(=O)N(C(=O)N[C@H](C(=O)OC)C(C)C)c1ccc(C#CCNC(N)=O)cc12. The number of amides is 6. The van der Waals surface area contributed by atoms with E-state index in [1.54, 1.807) is 50.2 Å². The van der Waals surface area contributed by atoms with E-state index in [4.69, 9.17) is 19.9 Å². The maximum Gasteiger partial charge on any atom is 0.329 e. The maximum absolute atomic E-state index is 16.3. The summed E-state index contributed by atoms with van der Waals surface area (Å²) in [5, 5.41) is 17.7. The van der Waals surface area contributed by atoms with Gasteiger partial charge in [0.05, 0.1) is 44.0 Å². The Labute approximate surface area is 376 Å². The molecule has 16 heteroatoms. The number of aliphatic hydroxyl groups is 1. The van der Waals surface area contributed by atoms with Crippen LogP contribution in [0.15, 0.2) is 116 Å². The van der Waals surface area contributed by atoms with Crippen molar-refractivity contribution in [1.82, 2.24) is 20.9 Å². The molecular weight excluding hydrogens is 833 g/mol. The summed E-state index contributed by atoms with van der Waals surface area (Å²) >= 11 is 0. The minimum atomic E-state index is -2.14. The van der Waals surface area contributed by atoms with Gasteiger partial charge in [0, 0.05) is 12.1 Å². The van der Waals surface area contributed by atoms with E-state index >= 15 is 14.4 Å². The normalized spacial score (nSPS) is 22.4. The fourth-order valence-corrected chi connectivity index (χ4v) is 9.31. The molecule has 7 atom stereocenters. The number of methoxy groups -OCH3 is 1. The number of hydrogen-bond acceptors (Lipinski definition) is 11. The number of benzene rings is 4. The van der Waals surface area contributed by atoms with Gasteiger partial charge in [-0.15, -0.1) is 6.58 Å². The number of carbonyl (C=O) groups excluding carboxylic acids is 6. The van der Waals surface area contributed by atoms with Crippen LogP contribution in [0, 0.1) is 23.7 Å². The average Bonchev–Trinajstić information content (AvgIpc) is 3.77. The quantitative estimate of drug-likeness (QED) is 0.0736. The van der Waals surface area contributed by atoms with E-state index in [1.807, 2.05) is 65.6 Å². The van der Waals surface area contributed by atoms with Crippen LogP contribution in [-0.2, 0) is 34.1 Å². The number of imide groups is 1. The van der Waals surface area contributed by atoms with E-state index in [2.05, 4.69) is 34.4 Å². The van der Waals surface area contributed by atoms with Crippen molar-refractivity contribution in [1.29, 1.82) is 0 Å². The molecule has 3 aliphatic rings. The molecule has 0 saturated carbocycles. The standard InChI is InChI=1S/C49H50N6O10/c1-5-23-51-43(57)37-40-45(59)65-41(32-17-10-7-11-18-32)39(31-15-8-6-9-16-31)55(40)42(33-19-12-20-34(28-33)64-26-25-56)49(37)35-27-30(14-13-24-52-47(50)61)21-22-36(35)54(46(49)60)48(62)53-38(29(2)3)44(58)63-4/h5-12,15-22,27-29,37-42,56H,1,23-26H2,2-4H3,(H,51,57)(H,53,62)(H3,50,52,61)/t37-,38-,39-,40-,41+,42+,49-/m0/s1. The molecule has 65 heavy (non-hydrogen) atoms. The van der Waals surface area contributed by atoms with E-state index in [0.29, 0.717) is 28.0 Å². The Kier molecular flexibility index (Phi) is 13.7. The molecule has 7 rings (SSSR count). The molecule has 0 aromatic heterocycles. The van der Waals surface area contributed by atoms with Gasteiger partial charge in [-0.1, -0.05) is 105 Å². The summed E-state index contributed by atoms with van der Waals surface area (Å²) in [4.78, 5) is 89.0. The van der Waals surface area contributed by atoms with Crippen molar-refractivity contribution < 1.29 is 48.1 Å². The first kappa shape index (κ1) is 45.5. The van der Waals surface area contributed by atoms with Crippen LogP contribution in [0.4, 0.5) is 15.3 Å². The Bertz CT molecular complexity index is 2540. The Morgan fingerprint density at radius 3 is 2.26 bits per heavy atom. The first-order valence-electron chi connectivity index (χ1n) is 21.1. The van der Waals surface area contributed by atoms with Crippen LogP contribution in [0.3, 0.4) is 0 Å². The lowest BCUT2D eigenvalue weighted by Gasteiger charge is -2.46. The number of hydrogen-bond donors (Lipinski definition) is 5. The van der Waals surface area contributed by atoms with Gasteiger partial charge in [0.1, 0.15) is 36.0 Å². The molecule has 4 aromatic carbocycles. The summed E-state index contributed by atoms with van der Waals surface area (Å²) in [7, 11) is 1.19. The zero-order valence-electron chi connectivity index (χ0n) is 36.1. The van der Waals surface area contributed by atoms with Gasteiger partial charge < -0.3 is 41.0 Å². The van der Waals surface area contributed by atoms with Crippen molar-refractivity contribution >= 4 is 41.5 Å². The van der Waals surface area contributed by atoms with Gasteiger partial charge in [-0.3, -0.25) is 19.3 Å². The predicted molar refractivity (Wildman–Crippen MR) is 238 cm³/mol. The monoisotopic (exact) mass is 882 g/mol. The average molecular weight is 883 g/mol. The van der Waals surface area contributed by atoms with Gasteiger partial charge >= 0.3 is 24.0 Å². The number of anilines is 1. The third-order valence-electron chi connectivity index (χ3n) is 11.9. The molecule has 0 unspecified atom stereocenters. The fraction of sp³-hybridized carbons (Fsp3) is 0.306. The summed E-state index contributed by atoms with van der Waals surface area (Å²) in [6.07, 6.45) is 0.494. The number of esters is 2. The zero-order valence-corrected chi connectivity index (χ0v) is 36.1. The van der Waals surface area contributed by atoms with Crippen LogP contribution >= 0.6 is 0 Å². The first-order chi connectivity index (χ1) is 31.4. The highest BCUT2D eigenvalue weighted by atomic mass is 16.6. The number of nitrogens with one attached hydrogen (secondary N) is 3. The van der Waals surface area contributed by atoms with Crippen molar-refractivity contribution in [3.8, 4) is 17.6 Å². The lowest BCUT2D eigenvalue weighted by Crippen LogP contribution is -2.57. The largest absolute Gasteiger partial charge is 0.491 e. The second-order valence-electron chi connectivity index (χ2n) is 16.0. The number of carbonyl (C=O) groups is 6. The minimum absolute atomic E-state index is 0.0457. The van der Waals surface area contributed by atoms with Gasteiger partial charge in [0.2, 0.25) is 11.8 Å². The van der Waals surface area contributed by atoms with Crippen molar-refractivity contribution in [2.24, 2.45) is 17.6 Å². The molecule has 16 nitrogen and oxygen atoms in total. The highest BCUT2D eigenvalue weighted by Gasteiger charge is 2.75. The summed E-state index contributed by atoms with van der Waals surface area (Å²) in [5.41, 5.74) is 5.46. The van der Waals surface area contributed by atoms with Crippen LogP contribution in [0.5, 0.6) is 5.75 Å². The third kappa shape index (κ3) is 8.51. The Morgan fingerprint density at radius 2 is 1.62 bits per heavy atom. The molecule has 2 saturated heterocycles. The molecule has 2 fully saturated rings. The van der Waals surface area contributed by atoms with Crippen molar-refractivity contribution in [2.45, 2.75) is 49.5 Å². The second-order valence-corrected chi connectivity index (χ2v) is 16.0. The first-order valence-corrected chi connectivity index (χ1v) is 21.1. The highest BCUT2D eigenvalue weighted by Crippen LogP contribution is 2.66. The van der Waals surface area contributed by atoms with Crippen molar-refractivity contribution in [3.05, 3.63) is 144 Å². The molecular formula is C49H50N6O10. The molecule has 6 N–H and O–H groups in total. The molecule has 0 radical (unpaired) electrons. The highest BCUT2D eigenvalue weighted by molar-refractivity contribution is 6.25. The number of cyclic esters (lactones) is 1. The predicted octanol–water partition coefficient (Wildman–Crippen LogP) is 3.95. The lowest BCUT2D eigenvalue weighted by atomic mass is 9.65. The molecule has 1 spiro atoms. The van der Waals surface area contributed by atoms with Gasteiger partial charge in [-0.25, -0.2) is 19.3 Å². The summed E-state index contributed by atoms with van der Waals surface area (Å²) in [6.45, 7) is 6.67. The maximum atomic E-state index is 16.3. The van der Waals surface area contributed by atoms with Gasteiger partial charge in [-0.2, -0.15) is 0 Å². The number of morpholine rings is 1. The van der Waals surface area contributed by atoms with Crippen LogP contribution < -0.4 is 31.3 Å². The summed E-state index contributed by atoms with van der Waals surface area (Å²) in [6, 6.07) is 23.4. The third-order valence-corrected chi connectivity index (χ3v) is 11.9. The molecule has 3 aliphatic heterocycles. The molecule has 4 aromatic rings. The molecule has 3 heterocycles. The van der Waals surface area contributed by atoms with E-state index in [0.717, 1.165) is 4.90 Å². The van der Waals surface area contributed by atoms with E-state index in [1.165, 1.54) is 19.3 Å². The van der Waals surface area contributed by atoms with E-state index in [-0.39, 0.29) is 37.6 Å². The van der Waals surface area contributed by atoms with Crippen molar-refractivity contribution in [3.63, 3.8) is 0 Å². The van der Waals surface area contributed by atoms with Crippen LogP contribution in [0.2, 0.25) is 0 Å². The smallest absolute Gasteiger partial charge is 0.329 e. The van der Waals surface area contributed by atoms with E-state index in [9.17, 15) is 19.5 Å². The Morgan fingerprint density at radius 1 is 0.923 bits per heavy atom. The summed E-state index contributed by atoms with van der Waals surface area (Å²) < 4.78 is 17.4. The zero-order chi connectivity index (χ0) is 46.4. The van der Waals surface area contributed by atoms with Crippen LogP contribution in [0.1, 0.15) is 59.9 Å². The number of urea groups is 2. The van der Waals surface area contributed by atoms with Crippen LogP contribution in [0.25, 0.3) is 0 Å². The fourth-order valence-electron chi connectivity index (χ4n) is 9.31. The van der Waals surface area contributed by atoms with E-state index < -0.39 is 83.3 Å². The number of rotatable bonds is 13. The van der Waals surface area contributed by atoms with Crippen molar-refractivity contribution in [2.75, 3.05) is 38.3 Å². The number of ether oxygens (including phenoxy) is 3. The van der Waals surface area contributed by atoms with Gasteiger partial charge in [0.25, 0.3) is 0 Å². The number of nitrogens with zero attached hydrogens (tertiary/aromatic N) is 2.